The molecule has 1 N–H and O–H groups in total. The summed E-state index contributed by atoms with van der Waals surface area (Å²) in [6, 6.07) is 4.69. The maximum Gasteiger partial charge on any atom is 0.243 e. The summed E-state index contributed by atoms with van der Waals surface area (Å²) in [5.74, 6) is 0.835. The van der Waals surface area contributed by atoms with Crippen molar-refractivity contribution in [2.24, 2.45) is 5.92 Å². The number of nitrogens with zero attached hydrogens (tertiary/aromatic N) is 3. The van der Waals surface area contributed by atoms with E-state index >= 15 is 0 Å². The predicted octanol–water partition coefficient (Wildman–Crippen LogP) is 1.57. The van der Waals surface area contributed by atoms with Crippen LogP contribution in [0.25, 0.3) is 0 Å². The smallest absolute Gasteiger partial charge is 0.243 e. The van der Waals surface area contributed by atoms with E-state index in [4.69, 9.17) is 9.47 Å². The van der Waals surface area contributed by atoms with Gasteiger partial charge in [-0.1, -0.05) is 0 Å². The number of fused-ring (bicyclic) bond motifs is 1. The topological polar surface area (TPSA) is 103 Å². The van der Waals surface area contributed by atoms with E-state index in [-0.39, 0.29) is 16.7 Å². The number of ether oxygens (including phenoxy) is 2. The number of benzene rings is 1. The Morgan fingerprint density at radius 3 is 2.65 bits per heavy atom. The molecule has 0 saturated carbocycles. The minimum atomic E-state index is -3.64. The Hall–Kier alpha value is -2.59. The number of carbonyl (C=O) groups excluding carboxylic acids is 1. The first kappa shape index (κ1) is 21.6. The first-order valence-corrected chi connectivity index (χ1v) is 12.0. The molecule has 0 radical (unpaired) electrons. The fourth-order valence-electron chi connectivity index (χ4n) is 3.88. The lowest BCUT2D eigenvalue weighted by Gasteiger charge is -2.30. The molecule has 1 aromatic carbocycles. The minimum Gasteiger partial charge on any atom is -0.486 e. The van der Waals surface area contributed by atoms with Gasteiger partial charge in [0.2, 0.25) is 15.9 Å². The molecule has 0 spiro atoms. The summed E-state index contributed by atoms with van der Waals surface area (Å²) >= 11 is 0. The van der Waals surface area contributed by atoms with Gasteiger partial charge in [0.05, 0.1) is 11.1 Å². The van der Waals surface area contributed by atoms with Crippen molar-refractivity contribution in [3.63, 3.8) is 0 Å². The molecule has 0 aliphatic carbocycles. The van der Waals surface area contributed by atoms with E-state index < -0.39 is 10.0 Å². The fourth-order valence-corrected chi connectivity index (χ4v) is 5.36. The first-order chi connectivity index (χ1) is 14.9. The number of hydrogen-bond acceptors (Lipinski definition) is 6. The third-order valence-electron chi connectivity index (χ3n) is 5.60. The summed E-state index contributed by atoms with van der Waals surface area (Å²) < 4.78 is 40.3. The van der Waals surface area contributed by atoms with Crippen molar-refractivity contribution in [2.75, 3.05) is 32.8 Å². The molecule has 2 aromatic rings. The van der Waals surface area contributed by atoms with Crippen molar-refractivity contribution >= 4 is 15.9 Å². The summed E-state index contributed by atoms with van der Waals surface area (Å²) in [5, 5.41) is 7.20. The number of nitrogens with one attached hydrogen (secondary N) is 1. The molecule has 0 bridgehead atoms. The van der Waals surface area contributed by atoms with Crippen LogP contribution in [0.3, 0.4) is 0 Å². The Bertz CT molecular complexity index is 1030. The molecule has 1 saturated heterocycles. The second-order valence-corrected chi connectivity index (χ2v) is 9.85. The first-order valence-electron chi connectivity index (χ1n) is 10.6. The van der Waals surface area contributed by atoms with Gasteiger partial charge in [-0.05, 0) is 43.9 Å². The fraction of sp³-hybridized carbons (Fsp3) is 0.524. The lowest BCUT2D eigenvalue weighted by atomic mass is 9.97. The van der Waals surface area contributed by atoms with Gasteiger partial charge >= 0.3 is 0 Å². The highest BCUT2D eigenvalue weighted by Crippen LogP contribution is 2.34. The van der Waals surface area contributed by atoms with E-state index in [0.717, 1.165) is 18.5 Å². The van der Waals surface area contributed by atoms with Gasteiger partial charge in [0.25, 0.3) is 0 Å². The predicted molar refractivity (Wildman–Crippen MR) is 114 cm³/mol. The second kappa shape index (κ2) is 9.27. The monoisotopic (exact) mass is 448 g/mol. The van der Waals surface area contributed by atoms with Crippen molar-refractivity contribution in [1.82, 2.24) is 19.4 Å². The zero-order valence-corrected chi connectivity index (χ0v) is 18.4. The highest BCUT2D eigenvalue weighted by molar-refractivity contribution is 7.89. The SMILES string of the molecule is Cc1cnn(CCCNC(=O)C2CCN(S(=O)(=O)c3ccc4c(c3)OCCO4)CC2)c1. The highest BCUT2D eigenvalue weighted by Gasteiger charge is 2.32. The van der Waals surface area contributed by atoms with Crippen molar-refractivity contribution < 1.29 is 22.7 Å². The molecule has 10 heteroatoms. The van der Waals surface area contributed by atoms with E-state index in [2.05, 4.69) is 10.4 Å². The molecule has 2 aliphatic heterocycles. The Labute approximate surface area is 182 Å². The molecule has 31 heavy (non-hydrogen) atoms. The highest BCUT2D eigenvalue weighted by atomic mass is 32.2. The van der Waals surface area contributed by atoms with Crippen LogP contribution >= 0.6 is 0 Å². The number of aromatic nitrogens is 2. The number of sulfonamides is 1. The van der Waals surface area contributed by atoms with Crippen molar-refractivity contribution in [1.29, 1.82) is 0 Å². The van der Waals surface area contributed by atoms with Gasteiger partial charge in [-0.15, -0.1) is 0 Å². The molecule has 168 valence electrons. The molecule has 1 amide bonds. The maximum atomic E-state index is 13.0. The van der Waals surface area contributed by atoms with Crippen LogP contribution in [0.5, 0.6) is 11.5 Å². The number of piperidine rings is 1. The van der Waals surface area contributed by atoms with E-state index in [9.17, 15) is 13.2 Å². The normalized spacial score (nSPS) is 17.5. The minimum absolute atomic E-state index is 0.00646. The molecule has 4 rings (SSSR count). The largest absolute Gasteiger partial charge is 0.486 e. The summed E-state index contributed by atoms with van der Waals surface area (Å²) in [4.78, 5) is 12.7. The van der Waals surface area contributed by atoms with Gasteiger partial charge in [0.1, 0.15) is 13.2 Å². The van der Waals surface area contributed by atoms with Crippen molar-refractivity contribution in [3.8, 4) is 11.5 Å². The van der Waals surface area contributed by atoms with Gasteiger partial charge in [0, 0.05) is 44.4 Å². The Kier molecular flexibility index (Phi) is 6.47. The number of rotatable bonds is 7. The molecule has 0 atom stereocenters. The van der Waals surface area contributed by atoms with E-state index in [1.165, 1.54) is 10.4 Å². The van der Waals surface area contributed by atoms with E-state index in [1.807, 2.05) is 24.0 Å². The number of carbonyl (C=O) groups is 1. The van der Waals surface area contributed by atoms with Gasteiger partial charge in [-0.3, -0.25) is 9.48 Å². The number of hydrogen-bond donors (Lipinski definition) is 1. The third kappa shape index (κ3) is 5.01. The molecule has 0 unspecified atom stereocenters. The molecule has 2 aliphatic rings. The van der Waals surface area contributed by atoms with E-state index in [1.54, 1.807) is 12.1 Å². The summed E-state index contributed by atoms with van der Waals surface area (Å²) in [6.45, 7) is 4.82. The molecular formula is C21H28N4O5S. The Morgan fingerprint density at radius 2 is 1.94 bits per heavy atom. The average Bonchev–Trinajstić information content (AvgIpc) is 3.21. The zero-order chi connectivity index (χ0) is 21.8. The molecular weight excluding hydrogens is 420 g/mol. The summed E-state index contributed by atoms with van der Waals surface area (Å²) in [5.41, 5.74) is 1.11. The van der Waals surface area contributed by atoms with Gasteiger partial charge in [0.15, 0.2) is 11.5 Å². The van der Waals surface area contributed by atoms with Crippen LogP contribution < -0.4 is 14.8 Å². The number of aryl methyl sites for hydroxylation is 2. The molecule has 1 aromatic heterocycles. The second-order valence-electron chi connectivity index (χ2n) is 7.91. The molecule has 3 heterocycles. The van der Waals surface area contributed by atoms with Crippen LogP contribution in [0.2, 0.25) is 0 Å². The van der Waals surface area contributed by atoms with Crippen LogP contribution in [-0.2, 0) is 21.4 Å². The van der Waals surface area contributed by atoms with Crippen LogP contribution in [0, 0.1) is 12.8 Å². The van der Waals surface area contributed by atoms with Crippen LogP contribution in [0.4, 0.5) is 0 Å². The van der Waals surface area contributed by atoms with Crippen LogP contribution in [-0.4, -0.2) is 61.3 Å². The Balaban J connectivity index is 1.26. The molecule has 1 fully saturated rings. The van der Waals surface area contributed by atoms with Gasteiger partial charge in [-0.25, -0.2) is 8.42 Å². The third-order valence-corrected chi connectivity index (χ3v) is 7.50. The van der Waals surface area contributed by atoms with Gasteiger partial charge < -0.3 is 14.8 Å². The van der Waals surface area contributed by atoms with Crippen LogP contribution in [0.15, 0.2) is 35.5 Å². The lowest BCUT2D eigenvalue weighted by molar-refractivity contribution is -0.126. The molecule has 9 nitrogen and oxygen atoms in total. The summed E-state index contributed by atoms with van der Waals surface area (Å²) in [6.07, 6.45) is 5.59. The standard InChI is InChI=1S/C21H28N4O5S/c1-16-14-23-24(15-16)8-2-7-22-21(26)17-5-9-25(10-6-17)31(27,28)18-3-4-19-20(13-18)30-12-11-29-19/h3-4,13-15,17H,2,5-12H2,1H3,(H,22,26). The maximum absolute atomic E-state index is 13.0. The van der Waals surface area contributed by atoms with E-state index in [0.29, 0.717) is 57.2 Å². The Morgan fingerprint density at radius 1 is 1.19 bits per heavy atom. The number of amides is 1. The quantitative estimate of drug-likeness (QED) is 0.645. The van der Waals surface area contributed by atoms with Crippen molar-refractivity contribution in [3.05, 3.63) is 36.2 Å². The van der Waals surface area contributed by atoms with Gasteiger partial charge in [-0.2, -0.15) is 9.40 Å². The summed E-state index contributed by atoms with van der Waals surface area (Å²) in [7, 11) is -3.64. The van der Waals surface area contributed by atoms with Crippen LogP contribution in [0.1, 0.15) is 24.8 Å². The lowest BCUT2D eigenvalue weighted by Crippen LogP contribution is -2.43. The average molecular weight is 449 g/mol. The van der Waals surface area contributed by atoms with Crippen molar-refractivity contribution in [2.45, 2.75) is 37.6 Å². The zero-order valence-electron chi connectivity index (χ0n) is 17.6.